The lowest BCUT2D eigenvalue weighted by Crippen LogP contribution is -2.24. The van der Waals surface area contributed by atoms with E-state index in [1.807, 2.05) is 18.2 Å². The molecule has 2 aromatic carbocycles. The number of hydrogen-bond acceptors (Lipinski definition) is 3. The molecule has 5 nitrogen and oxygen atoms in total. The summed E-state index contributed by atoms with van der Waals surface area (Å²) in [6, 6.07) is 14.8. The number of anilines is 1. The third-order valence-corrected chi connectivity index (χ3v) is 4.98. The summed E-state index contributed by atoms with van der Waals surface area (Å²) in [4.78, 5) is 12.7. The first kappa shape index (κ1) is 16.7. The molecule has 6 heteroatoms. The van der Waals surface area contributed by atoms with Crippen molar-refractivity contribution in [3.63, 3.8) is 0 Å². The SMILES string of the molecule is NS(=O)(=O)Cc1cccc(NC(=O)[C@H]2CCCc3ccccc32)c1. The maximum Gasteiger partial charge on any atom is 0.231 e. The number of sulfonamides is 1. The first-order chi connectivity index (χ1) is 11.4. The van der Waals surface area contributed by atoms with E-state index in [9.17, 15) is 13.2 Å². The minimum Gasteiger partial charge on any atom is -0.326 e. The molecule has 0 unspecified atom stereocenters. The van der Waals surface area contributed by atoms with Crippen molar-refractivity contribution in [3.8, 4) is 0 Å². The summed E-state index contributed by atoms with van der Waals surface area (Å²) in [5.41, 5.74) is 3.46. The maximum atomic E-state index is 12.7. The van der Waals surface area contributed by atoms with Crippen LogP contribution in [-0.4, -0.2) is 14.3 Å². The van der Waals surface area contributed by atoms with Crippen LogP contribution in [0.15, 0.2) is 48.5 Å². The fraction of sp³-hybridized carbons (Fsp3) is 0.278. The Labute approximate surface area is 141 Å². The van der Waals surface area contributed by atoms with Gasteiger partial charge in [-0.2, -0.15) is 0 Å². The number of nitrogens with two attached hydrogens (primary N) is 1. The highest BCUT2D eigenvalue weighted by molar-refractivity contribution is 7.88. The number of fused-ring (bicyclic) bond motifs is 1. The predicted molar refractivity (Wildman–Crippen MR) is 94.0 cm³/mol. The van der Waals surface area contributed by atoms with Gasteiger partial charge in [0, 0.05) is 5.69 Å². The Bertz CT molecular complexity index is 862. The van der Waals surface area contributed by atoms with Crippen molar-refractivity contribution in [2.45, 2.75) is 30.9 Å². The molecule has 1 aliphatic rings. The summed E-state index contributed by atoms with van der Waals surface area (Å²) in [5.74, 6) is -0.477. The van der Waals surface area contributed by atoms with Crippen LogP contribution in [0.2, 0.25) is 0 Å². The van der Waals surface area contributed by atoms with Gasteiger partial charge in [-0.05, 0) is 48.1 Å². The summed E-state index contributed by atoms with van der Waals surface area (Å²) >= 11 is 0. The minimum absolute atomic E-state index is 0.0603. The van der Waals surface area contributed by atoms with Crippen LogP contribution < -0.4 is 10.5 Å². The Morgan fingerprint density at radius 3 is 2.75 bits per heavy atom. The Hall–Kier alpha value is -2.18. The van der Waals surface area contributed by atoms with E-state index in [0.717, 1.165) is 24.8 Å². The molecular weight excluding hydrogens is 324 g/mol. The van der Waals surface area contributed by atoms with Crippen LogP contribution in [0.25, 0.3) is 0 Å². The zero-order valence-corrected chi connectivity index (χ0v) is 14.1. The van der Waals surface area contributed by atoms with Gasteiger partial charge in [0.15, 0.2) is 0 Å². The minimum atomic E-state index is -3.60. The summed E-state index contributed by atoms with van der Waals surface area (Å²) in [7, 11) is -3.60. The molecule has 24 heavy (non-hydrogen) atoms. The Morgan fingerprint density at radius 2 is 1.96 bits per heavy atom. The normalized spacial score (nSPS) is 17.1. The molecule has 3 N–H and O–H groups in total. The third-order valence-electron chi connectivity index (χ3n) is 4.25. The Morgan fingerprint density at radius 1 is 1.17 bits per heavy atom. The molecule has 0 aliphatic heterocycles. The number of aryl methyl sites for hydroxylation is 1. The lowest BCUT2D eigenvalue weighted by atomic mass is 9.82. The highest BCUT2D eigenvalue weighted by Gasteiger charge is 2.26. The van der Waals surface area contributed by atoms with E-state index in [2.05, 4.69) is 11.4 Å². The van der Waals surface area contributed by atoms with Gasteiger partial charge in [0.25, 0.3) is 0 Å². The standard InChI is InChI=1S/C18H20N2O3S/c19-24(22,23)12-13-5-3-8-15(11-13)20-18(21)17-10-4-7-14-6-1-2-9-16(14)17/h1-3,5-6,8-9,11,17H,4,7,10,12H2,(H,20,21)(H2,19,22,23)/t17-/m0/s1. The predicted octanol–water partition coefficient (Wildman–Crippen LogP) is 2.53. The van der Waals surface area contributed by atoms with Crippen molar-refractivity contribution < 1.29 is 13.2 Å². The lowest BCUT2D eigenvalue weighted by Gasteiger charge is -2.24. The van der Waals surface area contributed by atoms with Gasteiger partial charge >= 0.3 is 0 Å². The van der Waals surface area contributed by atoms with Crippen LogP contribution in [0, 0.1) is 0 Å². The van der Waals surface area contributed by atoms with Crippen molar-refractivity contribution in [2.75, 3.05) is 5.32 Å². The van der Waals surface area contributed by atoms with Crippen LogP contribution in [-0.2, 0) is 27.0 Å². The molecule has 0 fully saturated rings. The second-order valence-corrected chi connectivity index (χ2v) is 7.75. The fourth-order valence-electron chi connectivity index (χ4n) is 3.23. The Balaban J connectivity index is 1.78. The number of amides is 1. The molecule has 0 saturated heterocycles. The Kier molecular flexibility index (Phi) is 4.69. The summed E-state index contributed by atoms with van der Waals surface area (Å²) in [6.07, 6.45) is 2.81. The average molecular weight is 344 g/mol. The van der Waals surface area contributed by atoms with E-state index in [1.54, 1.807) is 24.3 Å². The van der Waals surface area contributed by atoms with Crippen LogP contribution in [0.1, 0.15) is 35.4 Å². The van der Waals surface area contributed by atoms with Gasteiger partial charge < -0.3 is 5.32 Å². The van der Waals surface area contributed by atoms with E-state index < -0.39 is 10.0 Å². The molecule has 0 saturated carbocycles. The topological polar surface area (TPSA) is 89.3 Å². The van der Waals surface area contributed by atoms with E-state index in [4.69, 9.17) is 5.14 Å². The molecule has 1 atom stereocenters. The molecular formula is C18H20N2O3S. The zero-order valence-electron chi connectivity index (χ0n) is 13.2. The zero-order chi connectivity index (χ0) is 17.2. The van der Waals surface area contributed by atoms with Crippen molar-refractivity contribution in [1.29, 1.82) is 0 Å². The van der Waals surface area contributed by atoms with Gasteiger partial charge in [-0.1, -0.05) is 36.4 Å². The molecule has 0 spiro atoms. The summed E-state index contributed by atoms with van der Waals surface area (Å²) < 4.78 is 22.4. The molecule has 2 aromatic rings. The van der Waals surface area contributed by atoms with Gasteiger partial charge in [0.2, 0.25) is 15.9 Å². The first-order valence-electron chi connectivity index (χ1n) is 7.90. The van der Waals surface area contributed by atoms with E-state index >= 15 is 0 Å². The average Bonchev–Trinajstić information content (AvgIpc) is 2.53. The second-order valence-electron chi connectivity index (χ2n) is 6.14. The fourth-order valence-corrected chi connectivity index (χ4v) is 3.87. The molecule has 126 valence electrons. The van der Waals surface area contributed by atoms with Crippen molar-refractivity contribution in [3.05, 3.63) is 65.2 Å². The summed E-state index contributed by atoms with van der Waals surface area (Å²) in [6.45, 7) is 0. The highest BCUT2D eigenvalue weighted by atomic mass is 32.2. The molecule has 0 heterocycles. The van der Waals surface area contributed by atoms with Gasteiger partial charge in [-0.25, -0.2) is 13.6 Å². The molecule has 1 aliphatic carbocycles. The van der Waals surface area contributed by atoms with Crippen LogP contribution in [0.5, 0.6) is 0 Å². The summed E-state index contributed by atoms with van der Waals surface area (Å²) in [5, 5.41) is 7.98. The van der Waals surface area contributed by atoms with E-state index in [-0.39, 0.29) is 17.6 Å². The quantitative estimate of drug-likeness (QED) is 0.893. The number of carbonyl (C=O) groups excluding carboxylic acids is 1. The second kappa shape index (κ2) is 6.75. The number of hydrogen-bond donors (Lipinski definition) is 2. The van der Waals surface area contributed by atoms with E-state index in [1.165, 1.54) is 5.56 Å². The molecule has 0 radical (unpaired) electrons. The lowest BCUT2D eigenvalue weighted by molar-refractivity contribution is -0.117. The highest BCUT2D eigenvalue weighted by Crippen LogP contribution is 2.32. The molecule has 3 rings (SSSR count). The number of nitrogens with one attached hydrogen (secondary N) is 1. The van der Waals surface area contributed by atoms with Crippen LogP contribution >= 0.6 is 0 Å². The number of rotatable bonds is 4. The molecule has 0 bridgehead atoms. The van der Waals surface area contributed by atoms with E-state index in [0.29, 0.717) is 11.3 Å². The van der Waals surface area contributed by atoms with Crippen molar-refractivity contribution in [1.82, 2.24) is 0 Å². The number of benzene rings is 2. The number of primary sulfonamides is 1. The van der Waals surface area contributed by atoms with Gasteiger partial charge in [-0.15, -0.1) is 0 Å². The van der Waals surface area contributed by atoms with Crippen molar-refractivity contribution in [2.24, 2.45) is 5.14 Å². The van der Waals surface area contributed by atoms with Crippen molar-refractivity contribution >= 4 is 21.6 Å². The monoisotopic (exact) mass is 344 g/mol. The van der Waals surface area contributed by atoms with Gasteiger partial charge in [0.1, 0.15) is 0 Å². The third kappa shape index (κ3) is 4.01. The maximum absolute atomic E-state index is 12.7. The van der Waals surface area contributed by atoms with Gasteiger partial charge in [-0.3, -0.25) is 4.79 Å². The smallest absolute Gasteiger partial charge is 0.231 e. The first-order valence-corrected chi connectivity index (χ1v) is 9.62. The van der Waals surface area contributed by atoms with Crippen LogP contribution in [0.3, 0.4) is 0 Å². The number of carbonyl (C=O) groups is 1. The molecule has 0 aromatic heterocycles. The largest absolute Gasteiger partial charge is 0.326 e. The van der Waals surface area contributed by atoms with Gasteiger partial charge in [0.05, 0.1) is 11.7 Å². The molecule has 1 amide bonds. The van der Waals surface area contributed by atoms with Crippen LogP contribution in [0.4, 0.5) is 5.69 Å².